The maximum Gasteiger partial charge on any atom is 0.241 e. The van der Waals surface area contributed by atoms with Crippen LogP contribution in [0.15, 0.2) is 12.4 Å². The topological polar surface area (TPSA) is 88.0 Å². The van der Waals surface area contributed by atoms with Gasteiger partial charge in [0.15, 0.2) is 0 Å². The SMILES string of the molecule is CNC(=O)Cn1cc(NC(=O)[C@@H]2CCCCN2)cn1.Cl. The first-order valence-electron chi connectivity index (χ1n) is 6.46. The molecule has 112 valence electrons. The monoisotopic (exact) mass is 301 g/mol. The highest BCUT2D eigenvalue weighted by Gasteiger charge is 2.20. The molecule has 0 saturated carbocycles. The molecule has 1 aliphatic heterocycles. The minimum atomic E-state index is -0.130. The third kappa shape index (κ3) is 4.50. The smallest absolute Gasteiger partial charge is 0.241 e. The van der Waals surface area contributed by atoms with Crippen molar-refractivity contribution in [2.45, 2.75) is 31.8 Å². The second kappa shape index (κ2) is 7.86. The van der Waals surface area contributed by atoms with Crippen LogP contribution in [0.2, 0.25) is 0 Å². The number of piperidine rings is 1. The Labute approximate surface area is 123 Å². The fourth-order valence-corrected chi connectivity index (χ4v) is 2.05. The van der Waals surface area contributed by atoms with Crippen molar-refractivity contribution >= 4 is 29.9 Å². The van der Waals surface area contributed by atoms with E-state index in [2.05, 4.69) is 21.0 Å². The van der Waals surface area contributed by atoms with Gasteiger partial charge in [0, 0.05) is 13.2 Å². The van der Waals surface area contributed by atoms with Crippen LogP contribution in [0, 0.1) is 0 Å². The van der Waals surface area contributed by atoms with Gasteiger partial charge in [-0.05, 0) is 19.4 Å². The maximum absolute atomic E-state index is 12.0. The lowest BCUT2D eigenvalue weighted by Crippen LogP contribution is -2.43. The van der Waals surface area contributed by atoms with Crippen LogP contribution in [-0.2, 0) is 16.1 Å². The van der Waals surface area contributed by atoms with Crippen molar-refractivity contribution in [2.75, 3.05) is 18.9 Å². The predicted molar refractivity (Wildman–Crippen MR) is 77.8 cm³/mol. The first-order valence-corrected chi connectivity index (χ1v) is 6.46. The van der Waals surface area contributed by atoms with Crippen LogP contribution < -0.4 is 16.0 Å². The quantitative estimate of drug-likeness (QED) is 0.738. The molecule has 0 spiro atoms. The molecule has 1 saturated heterocycles. The molecule has 2 rings (SSSR count). The normalized spacial score (nSPS) is 17.9. The standard InChI is InChI=1S/C12H19N5O2.ClH/c1-13-11(18)8-17-7-9(6-15-17)16-12(19)10-4-2-3-5-14-10;/h6-7,10,14H,2-5,8H2,1H3,(H,13,18)(H,16,19);1H/t10-;/m0./s1. The Balaban J connectivity index is 0.00000200. The number of halogens is 1. The van der Waals surface area contributed by atoms with Gasteiger partial charge in [0.1, 0.15) is 6.54 Å². The summed E-state index contributed by atoms with van der Waals surface area (Å²) in [5.41, 5.74) is 0.612. The largest absolute Gasteiger partial charge is 0.358 e. The van der Waals surface area contributed by atoms with E-state index >= 15 is 0 Å². The zero-order valence-electron chi connectivity index (χ0n) is 11.4. The lowest BCUT2D eigenvalue weighted by atomic mass is 10.0. The third-order valence-electron chi connectivity index (χ3n) is 3.11. The Morgan fingerprint density at radius 1 is 1.50 bits per heavy atom. The molecule has 2 heterocycles. The molecule has 0 unspecified atom stereocenters. The summed E-state index contributed by atoms with van der Waals surface area (Å²) in [5.74, 6) is -0.172. The van der Waals surface area contributed by atoms with Crippen LogP contribution in [0.1, 0.15) is 19.3 Å². The molecule has 1 atom stereocenters. The molecule has 1 fully saturated rings. The number of hydrogen-bond acceptors (Lipinski definition) is 4. The highest BCUT2D eigenvalue weighted by Crippen LogP contribution is 2.10. The van der Waals surface area contributed by atoms with Crippen LogP contribution in [0.4, 0.5) is 5.69 Å². The second-order valence-electron chi connectivity index (χ2n) is 4.59. The van der Waals surface area contributed by atoms with E-state index in [-0.39, 0.29) is 36.8 Å². The molecule has 3 N–H and O–H groups in total. The summed E-state index contributed by atoms with van der Waals surface area (Å²) in [6.45, 7) is 1.03. The first kappa shape index (κ1) is 16.5. The molecular weight excluding hydrogens is 282 g/mol. The summed E-state index contributed by atoms with van der Waals surface area (Å²) in [7, 11) is 1.57. The van der Waals surface area contributed by atoms with Crippen molar-refractivity contribution in [2.24, 2.45) is 0 Å². The summed E-state index contributed by atoms with van der Waals surface area (Å²) in [6, 6.07) is -0.129. The van der Waals surface area contributed by atoms with Gasteiger partial charge in [-0.15, -0.1) is 12.4 Å². The average molecular weight is 302 g/mol. The number of rotatable bonds is 4. The van der Waals surface area contributed by atoms with Crippen molar-refractivity contribution in [3.05, 3.63) is 12.4 Å². The average Bonchev–Trinajstić information content (AvgIpc) is 2.86. The lowest BCUT2D eigenvalue weighted by molar-refractivity contribution is -0.121. The van der Waals surface area contributed by atoms with Gasteiger partial charge in [-0.2, -0.15) is 5.10 Å². The molecule has 0 aliphatic carbocycles. The van der Waals surface area contributed by atoms with E-state index in [1.54, 1.807) is 19.4 Å². The van der Waals surface area contributed by atoms with Gasteiger partial charge in [0.05, 0.1) is 17.9 Å². The molecular formula is C12H20ClN5O2. The highest BCUT2D eigenvalue weighted by molar-refractivity contribution is 5.94. The number of likely N-dealkylation sites (N-methyl/N-ethyl adjacent to an activating group) is 1. The Morgan fingerprint density at radius 2 is 2.30 bits per heavy atom. The van der Waals surface area contributed by atoms with Crippen molar-refractivity contribution in [3.8, 4) is 0 Å². The lowest BCUT2D eigenvalue weighted by Gasteiger charge is -2.22. The molecule has 0 bridgehead atoms. The van der Waals surface area contributed by atoms with Crippen molar-refractivity contribution in [1.29, 1.82) is 0 Å². The van der Waals surface area contributed by atoms with E-state index < -0.39 is 0 Å². The zero-order chi connectivity index (χ0) is 13.7. The van der Waals surface area contributed by atoms with Crippen molar-refractivity contribution < 1.29 is 9.59 Å². The molecule has 1 aromatic heterocycles. The van der Waals surface area contributed by atoms with E-state index in [1.165, 1.54) is 4.68 Å². The van der Waals surface area contributed by atoms with Crippen molar-refractivity contribution in [1.82, 2.24) is 20.4 Å². The van der Waals surface area contributed by atoms with Crippen LogP contribution in [0.5, 0.6) is 0 Å². The van der Waals surface area contributed by atoms with Crippen LogP contribution in [-0.4, -0.2) is 41.2 Å². The molecule has 2 amide bonds. The van der Waals surface area contributed by atoms with E-state index in [9.17, 15) is 9.59 Å². The van der Waals surface area contributed by atoms with Gasteiger partial charge in [-0.3, -0.25) is 14.3 Å². The zero-order valence-corrected chi connectivity index (χ0v) is 12.2. The summed E-state index contributed by atoms with van der Waals surface area (Å²) >= 11 is 0. The third-order valence-corrected chi connectivity index (χ3v) is 3.11. The van der Waals surface area contributed by atoms with Crippen molar-refractivity contribution in [3.63, 3.8) is 0 Å². The van der Waals surface area contributed by atoms with Gasteiger partial charge >= 0.3 is 0 Å². The van der Waals surface area contributed by atoms with Crippen LogP contribution in [0.3, 0.4) is 0 Å². The molecule has 7 nitrogen and oxygen atoms in total. The van der Waals surface area contributed by atoms with E-state index in [0.717, 1.165) is 25.8 Å². The Hall–Kier alpha value is -1.60. The Morgan fingerprint density at radius 3 is 2.95 bits per heavy atom. The summed E-state index contributed by atoms with van der Waals surface area (Å²) in [4.78, 5) is 23.2. The fraction of sp³-hybridized carbons (Fsp3) is 0.583. The number of nitrogens with zero attached hydrogens (tertiary/aromatic N) is 2. The second-order valence-corrected chi connectivity index (χ2v) is 4.59. The predicted octanol–water partition coefficient (Wildman–Crippen LogP) is 0.131. The Kier molecular flexibility index (Phi) is 6.47. The number of aromatic nitrogens is 2. The number of carbonyl (C=O) groups is 2. The summed E-state index contributed by atoms with van der Waals surface area (Å²) < 4.78 is 1.49. The number of nitrogens with one attached hydrogen (secondary N) is 3. The molecule has 20 heavy (non-hydrogen) atoms. The van der Waals surface area contributed by atoms with Gasteiger partial charge in [0.2, 0.25) is 11.8 Å². The number of anilines is 1. The van der Waals surface area contributed by atoms with Gasteiger partial charge in [-0.1, -0.05) is 6.42 Å². The van der Waals surface area contributed by atoms with Crippen LogP contribution in [0.25, 0.3) is 0 Å². The van der Waals surface area contributed by atoms with E-state index in [0.29, 0.717) is 5.69 Å². The minimum absolute atomic E-state index is 0. The van der Waals surface area contributed by atoms with Gasteiger partial charge in [-0.25, -0.2) is 0 Å². The molecule has 0 aromatic carbocycles. The molecule has 0 radical (unpaired) electrons. The first-order chi connectivity index (χ1) is 9.19. The van der Waals surface area contributed by atoms with Crippen LogP contribution >= 0.6 is 12.4 Å². The Bertz CT molecular complexity index is 456. The molecule has 1 aromatic rings. The van der Waals surface area contributed by atoms with E-state index in [4.69, 9.17) is 0 Å². The minimum Gasteiger partial charge on any atom is -0.358 e. The number of amides is 2. The molecule has 8 heteroatoms. The van der Waals surface area contributed by atoms with E-state index in [1.807, 2.05) is 0 Å². The number of hydrogen-bond donors (Lipinski definition) is 3. The highest BCUT2D eigenvalue weighted by atomic mass is 35.5. The summed E-state index contributed by atoms with van der Waals surface area (Å²) in [5, 5.41) is 12.5. The maximum atomic E-state index is 12.0. The van der Waals surface area contributed by atoms with Gasteiger partial charge in [0.25, 0.3) is 0 Å². The molecule has 1 aliphatic rings. The fourth-order valence-electron chi connectivity index (χ4n) is 2.05. The van der Waals surface area contributed by atoms with Gasteiger partial charge < -0.3 is 16.0 Å². The summed E-state index contributed by atoms with van der Waals surface area (Å²) in [6.07, 6.45) is 6.24. The number of carbonyl (C=O) groups excluding carboxylic acids is 2.